The second kappa shape index (κ2) is 11.5. The van der Waals surface area contributed by atoms with Crippen LogP contribution in [-0.2, 0) is 10.4 Å². The van der Waals surface area contributed by atoms with Crippen LogP contribution in [0.25, 0.3) is 5.57 Å². The zero-order chi connectivity index (χ0) is 24.7. The molecule has 1 saturated heterocycles. The van der Waals surface area contributed by atoms with Crippen molar-refractivity contribution in [3.05, 3.63) is 101 Å². The minimum atomic E-state index is -1.01. The van der Waals surface area contributed by atoms with Crippen molar-refractivity contribution in [3.63, 3.8) is 0 Å². The molecule has 1 aromatic heterocycles. The Kier molecular flexibility index (Phi) is 8.18. The minimum absolute atomic E-state index is 0.367. The van der Waals surface area contributed by atoms with E-state index < -0.39 is 11.6 Å². The molecule has 0 radical (unpaired) electrons. The molecule has 0 amide bonds. The van der Waals surface area contributed by atoms with Gasteiger partial charge in [-0.2, -0.15) is 0 Å². The van der Waals surface area contributed by atoms with Crippen LogP contribution in [0, 0.1) is 0 Å². The Morgan fingerprint density at radius 2 is 1.77 bits per heavy atom. The van der Waals surface area contributed by atoms with Crippen LogP contribution in [0.1, 0.15) is 36.0 Å². The zero-order valence-corrected chi connectivity index (χ0v) is 20.2. The van der Waals surface area contributed by atoms with Crippen molar-refractivity contribution >= 4 is 23.1 Å². The summed E-state index contributed by atoms with van der Waals surface area (Å²) in [6, 6.07) is 18.9. The fourth-order valence-corrected chi connectivity index (χ4v) is 4.51. The molecule has 1 fully saturated rings. The van der Waals surface area contributed by atoms with Gasteiger partial charge in [0, 0.05) is 42.6 Å². The smallest absolute Gasteiger partial charge is 0.341 e. The van der Waals surface area contributed by atoms with E-state index in [1.807, 2.05) is 54.7 Å². The monoisotopic (exact) mass is 492 g/mol. The molecule has 4 rings (SSSR count). The van der Waals surface area contributed by atoms with Crippen molar-refractivity contribution in [1.29, 1.82) is 0 Å². The van der Waals surface area contributed by atoms with Gasteiger partial charge in [-0.05, 0) is 66.3 Å². The fourth-order valence-electron chi connectivity index (χ4n) is 4.39. The van der Waals surface area contributed by atoms with E-state index in [4.69, 9.17) is 21.4 Å². The highest BCUT2D eigenvalue weighted by atomic mass is 35.5. The van der Waals surface area contributed by atoms with Crippen LogP contribution in [0.2, 0.25) is 5.02 Å². The Balaban J connectivity index is 1.40. The maximum absolute atomic E-state index is 11.1. The van der Waals surface area contributed by atoms with E-state index in [2.05, 4.69) is 16.0 Å². The summed E-state index contributed by atoms with van der Waals surface area (Å²) in [7, 11) is 0. The van der Waals surface area contributed by atoms with Crippen molar-refractivity contribution < 1.29 is 19.7 Å². The molecule has 7 heteroatoms. The minimum Gasteiger partial charge on any atom is -0.482 e. The highest BCUT2D eigenvalue weighted by Gasteiger charge is 2.33. The van der Waals surface area contributed by atoms with Gasteiger partial charge in [-0.15, -0.1) is 0 Å². The second-order valence-electron chi connectivity index (χ2n) is 8.74. The topological polar surface area (TPSA) is 82.9 Å². The number of aliphatic carboxylic acids is 1. The standard InChI is InChI=1S/C28H29ClN2O4/c29-24-9-7-23(8-10-24)28(34)13-17-31(18-14-28)16-2-4-26(22-3-1-15-30-19-22)21-5-11-25(12-6-21)35-20-27(32)33/h1,3-12,15,19,34H,2,13-14,16-18,20H2,(H,32,33)/b26-4-. The van der Waals surface area contributed by atoms with E-state index in [1.54, 1.807) is 18.3 Å². The molecule has 35 heavy (non-hydrogen) atoms. The second-order valence-corrected chi connectivity index (χ2v) is 9.17. The molecule has 0 aliphatic carbocycles. The van der Waals surface area contributed by atoms with E-state index in [9.17, 15) is 9.90 Å². The molecular formula is C28H29ClN2O4. The summed E-state index contributed by atoms with van der Waals surface area (Å²) in [4.78, 5) is 17.4. The summed E-state index contributed by atoms with van der Waals surface area (Å²) in [5, 5.41) is 20.6. The van der Waals surface area contributed by atoms with Crippen LogP contribution in [0.4, 0.5) is 0 Å². The van der Waals surface area contributed by atoms with Crippen LogP contribution >= 0.6 is 11.6 Å². The highest BCUT2D eigenvalue weighted by molar-refractivity contribution is 6.30. The third kappa shape index (κ3) is 6.69. The molecule has 3 aromatic rings. The Labute approximate surface area is 210 Å². The third-order valence-electron chi connectivity index (χ3n) is 6.36. The molecule has 2 N–H and O–H groups in total. The molecule has 2 aromatic carbocycles. The Hall–Kier alpha value is -3.19. The van der Waals surface area contributed by atoms with Gasteiger partial charge in [-0.3, -0.25) is 4.98 Å². The number of hydrogen-bond donors (Lipinski definition) is 2. The lowest BCUT2D eigenvalue weighted by molar-refractivity contribution is -0.139. The molecule has 2 heterocycles. The molecule has 182 valence electrons. The van der Waals surface area contributed by atoms with Crippen molar-refractivity contribution in [1.82, 2.24) is 9.88 Å². The number of carbonyl (C=O) groups is 1. The summed E-state index contributed by atoms with van der Waals surface area (Å²) >= 11 is 6.00. The van der Waals surface area contributed by atoms with Gasteiger partial charge in [0.15, 0.2) is 6.61 Å². The quantitative estimate of drug-likeness (QED) is 0.437. The predicted molar refractivity (Wildman–Crippen MR) is 137 cm³/mol. The van der Waals surface area contributed by atoms with E-state index in [0.717, 1.165) is 48.3 Å². The summed E-state index contributed by atoms with van der Waals surface area (Å²) < 4.78 is 5.26. The average Bonchev–Trinajstić information content (AvgIpc) is 2.88. The van der Waals surface area contributed by atoms with E-state index in [-0.39, 0.29) is 6.61 Å². The van der Waals surface area contributed by atoms with Crippen LogP contribution in [-0.4, -0.2) is 52.3 Å². The number of hydrogen-bond acceptors (Lipinski definition) is 5. The molecule has 1 aliphatic heterocycles. The first-order valence-corrected chi connectivity index (χ1v) is 12.1. The number of aliphatic hydroxyl groups is 1. The SMILES string of the molecule is O=C(O)COc1ccc(/C(=C/CCN2CCC(O)(c3ccc(Cl)cc3)CC2)c2cccnc2)cc1. The molecule has 0 atom stereocenters. The van der Waals surface area contributed by atoms with E-state index >= 15 is 0 Å². The van der Waals surface area contributed by atoms with Gasteiger partial charge in [-0.25, -0.2) is 4.79 Å². The van der Waals surface area contributed by atoms with Gasteiger partial charge in [0.25, 0.3) is 0 Å². The number of likely N-dealkylation sites (tertiary alicyclic amines) is 1. The molecule has 0 spiro atoms. The first kappa shape index (κ1) is 24.9. The molecule has 1 aliphatic rings. The van der Waals surface area contributed by atoms with Crippen molar-refractivity contribution in [2.24, 2.45) is 0 Å². The number of ether oxygens (including phenoxy) is 1. The lowest BCUT2D eigenvalue weighted by Crippen LogP contribution is -2.42. The first-order valence-electron chi connectivity index (χ1n) is 11.7. The number of carboxylic acid groups (broad SMARTS) is 1. The third-order valence-corrected chi connectivity index (χ3v) is 6.61. The van der Waals surface area contributed by atoms with Crippen LogP contribution in [0.5, 0.6) is 5.75 Å². The zero-order valence-electron chi connectivity index (χ0n) is 19.4. The number of aromatic nitrogens is 1. The molecule has 0 unspecified atom stereocenters. The van der Waals surface area contributed by atoms with Gasteiger partial charge in [0.1, 0.15) is 5.75 Å². The van der Waals surface area contributed by atoms with Crippen LogP contribution < -0.4 is 4.74 Å². The molecule has 6 nitrogen and oxygen atoms in total. The normalized spacial score (nSPS) is 16.1. The number of nitrogens with zero attached hydrogens (tertiary/aromatic N) is 2. The van der Waals surface area contributed by atoms with Crippen molar-refractivity contribution in [2.45, 2.75) is 24.9 Å². The van der Waals surface area contributed by atoms with Gasteiger partial charge in [0.05, 0.1) is 5.60 Å². The Bertz CT molecular complexity index is 1140. The van der Waals surface area contributed by atoms with Gasteiger partial charge in [-0.1, -0.05) is 48.0 Å². The largest absolute Gasteiger partial charge is 0.482 e. The lowest BCUT2D eigenvalue weighted by Gasteiger charge is -2.38. The predicted octanol–water partition coefficient (Wildman–Crippen LogP) is 5.00. The number of piperidine rings is 1. The molecule has 0 bridgehead atoms. The van der Waals surface area contributed by atoms with Gasteiger partial charge in [0.2, 0.25) is 0 Å². The molecule has 0 saturated carbocycles. The lowest BCUT2D eigenvalue weighted by atomic mass is 9.84. The summed E-state index contributed by atoms with van der Waals surface area (Å²) in [6.07, 6.45) is 8.02. The number of benzene rings is 2. The highest BCUT2D eigenvalue weighted by Crippen LogP contribution is 2.33. The Morgan fingerprint density at radius 1 is 1.06 bits per heavy atom. The van der Waals surface area contributed by atoms with Crippen molar-refractivity contribution in [3.8, 4) is 5.75 Å². The average molecular weight is 493 g/mol. The Morgan fingerprint density at radius 3 is 2.40 bits per heavy atom. The first-order chi connectivity index (χ1) is 16.9. The maximum atomic E-state index is 11.1. The van der Waals surface area contributed by atoms with Crippen molar-refractivity contribution in [2.75, 3.05) is 26.2 Å². The van der Waals surface area contributed by atoms with E-state index in [0.29, 0.717) is 23.6 Å². The van der Waals surface area contributed by atoms with E-state index in [1.165, 1.54) is 0 Å². The van der Waals surface area contributed by atoms with Gasteiger partial charge < -0.3 is 19.8 Å². The summed E-state index contributed by atoms with van der Waals surface area (Å²) in [6.45, 7) is 2.17. The number of rotatable bonds is 9. The van der Waals surface area contributed by atoms with Crippen LogP contribution in [0.15, 0.2) is 79.1 Å². The fraction of sp³-hybridized carbons (Fsp3) is 0.286. The summed E-state index contributed by atoms with van der Waals surface area (Å²) in [5.41, 5.74) is 3.22. The summed E-state index contributed by atoms with van der Waals surface area (Å²) in [5.74, 6) is -0.488. The maximum Gasteiger partial charge on any atom is 0.341 e. The van der Waals surface area contributed by atoms with Crippen LogP contribution in [0.3, 0.4) is 0 Å². The number of carboxylic acids is 1. The van der Waals surface area contributed by atoms with Gasteiger partial charge >= 0.3 is 5.97 Å². The number of halogens is 1. The number of pyridine rings is 1. The molecular weight excluding hydrogens is 464 g/mol.